The van der Waals surface area contributed by atoms with Gasteiger partial charge in [-0.3, -0.25) is 4.79 Å². The minimum absolute atomic E-state index is 0.0266. The fraction of sp³-hybridized carbons (Fsp3) is 0.0476. The maximum atomic E-state index is 13.2. The highest BCUT2D eigenvalue weighted by molar-refractivity contribution is 9.10. The van der Waals surface area contributed by atoms with Gasteiger partial charge >= 0.3 is 5.97 Å². The van der Waals surface area contributed by atoms with E-state index in [1.54, 1.807) is 36.4 Å². The van der Waals surface area contributed by atoms with Gasteiger partial charge in [-0.25, -0.2) is 9.18 Å². The summed E-state index contributed by atoms with van der Waals surface area (Å²) < 4.78 is 19.4. The number of hydrogen-bond donors (Lipinski definition) is 2. The summed E-state index contributed by atoms with van der Waals surface area (Å²) in [7, 11) is 0. The molecule has 142 valence electrons. The number of rotatable bonds is 6. The van der Waals surface area contributed by atoms with Gasteiger partial charge < -0.3 is 15.2 Å². The van der Waals surface area contributed by atoms with E-state index in [1.807, 2.05) is 0 Å². The third kappa shape index (κ3) is 4.95. The molecule has 0 saturated heterocycles. The number of anilines is 1. The molecule has 3 aromatic rings. The van der Waals surface area contributed by atoms with Crippen molar-refractivity contribution in [1.82, 2.24) is 0 Å². The van der Waals surface area contributed by atoms with Crippen LogP contribution in [0.1, 0.15) is 26.3 Å². The standard InChI is InChI=1S/C21H15BrFNO4/c22-15-7-8-19(18(11-15)21(26)27)24-20(25)14-4-2-6-17(10-14)28-12-13-3-1-5-16(23)9-13/h1-11H,12H2,(H,24,25)(H,26,27). The Labute approximate surface area is 168 Å². The van der Waals surface area contributed by atoms with E-state index in [9.17, 15) is 19.1 Å². The molecule has 0 aliphatic heterocycles. The van der Waals surface area contributed by atoms with Crippen LogP contribution in [-0.2, 0) is 6.61 Å². The highest BCUT2D eigenvalue weighted by Gasteiger charge is 2.14. The predicted octanol–water partition coefficient (Wildman–Crippen LogP) is 5.12. The molecular weight excluding hydrogens is 429 g/mol. The van der Waals surface area contributed by atoms with Gasteiger partial charge in [-0.05, 0) is 54.1 Å². The normalized spacial score (nSPS) is 10.4. The third-order valence-corrected chi connectivity index (χ3v) is 4.34. The van der Waals surface area contributed by atoms with Crippen molar-refractivity contribution < 1.29 is 23.8 Å². The predicted molar refractivity (Wildman–Crippen MR) is 106 cm³/mol. The monoisotopic (exact) mass is 443 g/mol. The molecule has 0 aromatic heterocycles. The molecule has 0 spiro atoms. The Morgan fingerprint density at radius 2 is 1.82 bits per heavy atom. The van der Waals surface area contributed by atoms with Gasteiger partial charge in [-0.15, -0.1) is 0 Å². The van der Waals surface area contributed by atoms with Crippen molar-refractivity contribution >= 4 is 33.5 Å². The lowest BCUT2D eigenvalue weighted by Gasteiger charge is -2.11. The number of aromatic carboxylic acids is 1. The Morgan fingerprint density at radius 1 is 1.04 bits per heavy atom. The minimum atomic E-state index is -1.15. The molecule has 0 radical (unpaired) electrons. The zero-order valence-electron chi connectivity index (χ0n) is 14.5. The number of carbonyl (C=O) groups is 2. The van der Waals surface area contributed by atoms with E-state index >= 15 is 0 Å². The number of carboxylic acid groups (broad SMARTS) is 1. The zero-order chi connectivity index (χ0) is 20.1. The largest absolute Gasteiger partial charge is 0.489 e. The molecule has 1 amide bonds. The second kappa shape index (κ2) is 8.67. The zero-order valence-corrected chi connectivity index (χ0v) is 16.1. The molecule has 0 heterocycles. The molecule has 28 heavy (non-hydrogen) atoms. The number of amides is 1. The molecule has 0 saturated carbocycles. The molecular formula is C21H15BrFNO4. The first-order chi connectivity index (χ1) is 13.4. The first-order valence-corrected chi connectivity index (χ1v) is 9.03. The van der Waals surface area contributed by atoms with Gasteiger partial charge in [0.2, 0.25) is 0 Å². The van der Waals surface area contributed by atoms with E-state index < -0.39 is 11.9 Å². The molecule has 0 atom stereocenters. The van der Waals surface area contributed by atoms with Crippen molar-refractivity contribution in [2.75, 3.05) is 5.32 Å². The summed E-state index contributed by atoms with van der Waals surface area (Å²) in [4.78, 5) is 23.9. The molecule has 3 aromatic carbocycles. The highest BCUT2D eigenvalue weighted by Crippen LogP contribution is 2.23. The van der Waals surface area contributed by atoms with E-state index in [2.05, 4.69) is 21.2 Å². The first kappa shape index (κ1) is 19.6. The maximum Gasteiger partial charge on any atom is 0.337 e. The van der Waals surface area contributed by atoms with Crippen molar-refractivity contribution in [1.29, 1.82) is 0 Å². The van der Waals surface area contributed by atoms with Crippen LogP contribution in [0.2, 0.25) is 0 Å². The van der Waals surface area contributed by atoms with Crippen LogP contribution in [0, 0.1) is 5.82 Å². The van der Waals surface area contributed by atoms with Gasteiger partial charge in [0.25, 0.3) is 5.91 Å². The van der Waals surface area contributed by atoms with E-state index in [0.29, 0.717) is 21.3 Å². The number of carbonyl (C=O) groups excluding carboxylic acids is 1. The van der Waals surface area contributed by atoms with Crippen LogP contribution in [0.25, 0.3) is 0 Å². The number of hydrogen-bond acceptors (Lipinski definition) is 3. The number of ether oxygens (including phenoxy) is 1. The molecule has 0 bridgehead atoms. The fourth-order valence-corrected chi connectivity index (χ4v) is 2.88. The van der Waals surface area contributed by atoms with Crippen LogP contribution in [-0.4, -0.2) is 17.0 Å². The third-order valence-electron chi connectivity index (χ3n) is 3.85. The van der Waals surface area contributed by atoms with Gasteiger partial charge in [0.05, 0.1) is 11.3 Å². The second-order valence-corrected chi connectivity index (χ2v) is 6.81. The van der Waals surface area contributed by atoms with Gasteiger partial charge in [0, 0.05) is 10.0 Å². The topological polar surface area (TPSA) is 75.6 Å². The summed E-state index contributed by atoms with van der Waals surface area (Å²) >= 11 is 3.21. The second-order valence-electron chi connectivity index (χ2n) is 5.90. The van der Waals surface area contributed by atoms with Gasteiger partial charge in [-0.1, -0.05) is 34.1 Å². The maximum absolute atomic E-state index is 13.2. The molecule has 0 unspecified atom stereocenters. The Morgan fingerprint density at radius 3 is 2.57 bits per heavy atom. The van der Waals surface area contributed by atoms with Crippen LogP contribution < -0.4 is 10.1 Å². The summed E-state index contributed by atoms with van der Waals surface area (Å²) in [5.74, 6) is -1.53. The lowest BCUT2D eigenvalue weighted by molar-refractivity contribution is 0.0698. The number of nitrogens with one attached hydrogen (secondary N) is 1. The summed E-state index contributed by atoms with van der Waals surface area (Å²) in [5, 5.41) is 11.9. The summed E-state index contributed by atoms with van der Waals surface area (Å²) in [6.07, 6.45) is 0. The number of carboxylic acids is 1. The van der Waals surface area contributed by atoms with E-state index in [1.165, 1.54) is 30.3 Å². The minimum Gasteiger partial charge on any atom is -0.489 e. The van der Waals surface area contributed by atoms with Crippen molar-refractivity contribution in [3.05, 3.63) is 93.7 Å². The van der Waals surface area contributed by atoms with Gasteiger partial charge in [0.15, 0.2) is 0 Å². The molecule has 7 heteroatoms. The van der Waals surface area contributed by atoms with Crippen LogP contribution in [0.4, 0.5) is 10.1 Å². The average Bonchev–Trinajstić information content (AvgIpc) is 2.68. The molecule has 0 aliphatic carbocycles. The van der Waals surface area contributed by atoms with E-state index in [-0.39, 0.29) is 23.7 Å². The average molecular weight is 444 g/mol. The van der Waals surface area contributed by atoms with Gasteiger partial charge in [0.1, 0.15) is 18.2 Å². The molecule has 0 aliphatic rings. The Kier molecular flexibility index (Phi) is 6.06. The first-order valence-electron chi connectivity index (χ1n) is 8.24. The van der Waals surface area contributed by atoms with Crippen molar-refractivity contribution in [3.63, 3.8) is 0 Å². The molecule has 2 N–H and O–H groups in total. The molecule has 0 fully saturated rings. The number of halogens is 2. The van der Waals surface area contributed by atoms with Gasteiger partial charge in [-0.2, -0.15) is 0 Å². The molecule has 3 rings (SSSR count). The van der Waals surface area contributed by atoms with Crippen molar-refractivity contribution in [3.8, 4) is 5.75 Å². The SMILES string of the molecule is O=C(Nc1ccc(Br)cc1C(=O)O)c1cccc(OCc2cccc(F)c2)c1. The van der Waals surface area contributed by atoms with Crippen LogP contribution in [0.15, 0.2) is 71.2 Å². The van der Waals surface area contributed by atoms with Crippen molar-refractivity contribution in [2.24, 2.45) is 0 Å². The van der Waals surface area contributed by atoms with E-state index in [0.717, 1.165) is 0 Å². The summed E-state index contributed by atoms with van der Waals surface area (Å²) in [6.45, 7) is 0.151. The quantitative estimate of drug-likeness (QED) is 0.554. The Hall–Kier alpha value is -3.19. The Bertz CT molecular complexity index is 1040. The Balaban J connectivity index is 1.73. The van der Waals surface area contributed by atoms with Crippen LogP contribution in [0.5, 0.6) is 5.75 Å². The summed E-state index contributed by atoms with van der Waals surface area (Å²) in [5.41, 5.74) is 1.12. The van der Waals surface area contributed by atoms with Crippen LogP contribution in [0.3, 0.4) is 0 Å². The highest BCUT2D eigenvalue weighted by atomic mass is 79.9. The summed E-state index contributed by atoms with van der Waals surface area (Å²) in [6, 6.07) is 17.1. The van der Waals surface area contributed by atoms with Crippen molar-refractivity contribution in [2.45, 2.75) is 6.61 Å². The van der Waals surface area contributed by atoms with E-state index in [4.69, 9.17) is 4.74 Å². The molecule has 5 nitrogen and oxygen atoms in total. The fourth-order valence-electron chi connectivity index (χ4n) is 2.52. The lowest BCUT2D eigenvalue weighted by Crippen LogP contribution is -2.15. The lowest BCUT2D eigenvalue weighted by atomic mass is 10.1. The smallest absolute Gasteiger partial charge is 0.337 e. The number of benzene rings is 3. The van der Waals surface area contributed by atoms with Crippen LogP contribution >= 0.6 is 15.9 Å².